The summed E-state index contributed by atoms with van der Waals surface area (Å²) >= 11 is 0. The Morgan fingerprint density at radius 2 is 1.92 bits per heavy atom. The molecule has 0 aliphatic carbocycles. The summed E-state index contributed by atoms with van der Waals surface area (Å²) in [6.45, 7) is 2.63. The molecule has 1 aromatic heterocycles. The van der Waals surface area contributed by atoms with Crippen LogP contribution in [0.3, 0.4) is 0 Å². The van der Waals surface area contributed by atoms with Crippen molar-refractivity contribution >= 4 is 10.9 Å². The molecule has 1 atom stereocenters. The largest absolute Gasteiger partial charge is 0.489 e. The number of rotatable bonds is 8. The quantitative estimate of drug-likeness (QED) is 0.558. The second kappa shape index (κ2) is 8.63. The van der Waals surface area contributed by atoms with Gasteiger partial charge in [-0.25, -0.2) is 0 Å². The van der Waals surface area contributed by atoms with Crippen LogP contribution in [-0.4, -0.2) is 10.1 Å². The number of pyridine rings is 1. The van der Waals surface area contributed by atoms with Gasteiger partial charge in [0.05, 0.1) is 11.6 Å². The predicted molar refractivity (Wildman–Crippen MR) is 102 cm³/mol. The Hall–Kier alpha value is -2.39. The summed E-state index contributed by atoms with van der Waals surface area (Å²) in [6, 6.07) is 17.9. The van der Waals surface area contributed by atoms with Crippen molar-refractivity contribution in [1.82, 2.24) is 4.98 Å². The number of nitrogens with zero attached hydrogens (tertiary/aromatic N) is 1. The number of ether oxygens (including phenoxy) is 1. The molecule has 0 bridgehead atoms. The molecular formula is C22H25NO2. The molecule has 1 heterocycles. The molecule has 0 fully saturated rings. The highest BCUT2D eigenvalue weighted by atomic mass is 16.5. The van der Waals surface area contributed by atoms with E-state index in [1.807, 2.05) is 54.6 Å². The van der Waals surface area contributed by atoms with Crippen molar-refractivity contribution in [2.75, 3.05) is 0 Å². The van der Waals surface area contributed by atoms with Crippen molar-refractivity contribution in [3.8, 4) is 5.75 Å². The third-order valence-corrected chi connectivity index (χ3v) is 4.46. The summed E-state index contributed by atoms with van der Waals surface area (Å²) < 4.78 is 5.98. The molecule has 3 nitrogen and oxygen atoms in total. The molecular weight excluding hydrogens is 310 g/mol. The highest BCUT2D eigenvalue weighted by molar-refractivity contribution is 5.79. The van der Waals surface area contributed by atoms with Crippen LogP contribution in [0.1, 0.15) is 49.8 Å². The molecule has 0 amide bonds. The van der Waals surface area contributed by atoms with E-state index in [-0.39, 0.29) is 0 Å². The first-order valence-corrected chi connectivity index (χ1v) is 9.01. The number of aliphatic hydroxyl groups excluding tert-OH is 1. The Kier molecular flexibility index (Phi) is 6.02. The van der Waals surface area contributed by atoms with Gasteiger partial charge in [-0.1, -0.05) is 56.5 Å². The fraction of sp³-hybridized carbons (Fsp3) is 0.318. The molecule has 3 aromatic rings. The molecule has 0 aliphatic heterocycles. The fourth-order valence-corrected chi connectivity index (χ4v) is 3.04. The maximum Gasteiger partial charge on any atom is 0.120 e. The van der Waals surface area contributed by atoms with E-state index < -0.39 is 6.10 Å². The zero-order valence-electron chi connectivity index (χ0n) is 14.7. The minimum atomic E-state index is -0.424. The maximum atomic E-state index is 10.5. The Bertz CT molecular complexity index is 816. The van der Waals surface area contributed by atoms with Crippen LogP contribution in [0.2, 0.25) is 0 Å². The van der Waals surface area contributed by atoms with Gasteiger partial charge in [-0.05, 0) is 41.8 Å². The van der Waals surface area contributed by atoms with Crippen LogP contribution in [0.5, 0.6) is 5.75 Å². The molecule has 0 saturated carbocycles. The molecule has 2 aromatic carbocycles. The standard InChI is InChI=1S/C22H25NO2/c1-2-3-4-11-22(24)20-10-6-5-8-18(20)16-25-19-12-13-21-17(15-19)9-7-14-23-21/h5-10,12-15,22,24H,2-4,11,16H2,1H3. The van der Waals surface area contributed by atoms with Gasteiger partial charge in [-0.15, -0.1) is 0 Å². The van der Waals surface area contributed by atoms with E-state index in [0.29, 0.717) is 6.61 Å². The van der Waals surface area contributed by atoms with E-state index in [1.165, 1.54) is 0 Å². The van der Waals surface area contributed by atoms with Gasteiger partial charge < -0.3 is 9.84 Å². The summed E-state index contributed by atoms with van der Waals surface area (Å²) in [5.74, 6) is 0.816. The molecule has 0 radical (unpaired) electrons. The minimum Gasteiger partial charge on any atom is -0.489 e. The van der Waals surface area contributed by atoms with Crippen LogP contribution < -0.4 is 4.74 Å². The van der Waals surface area contributed by atoms with Crippen LogP contribution in [-0.2, 0) is 6.61 Å². The monoisotopic (exact) mass is 335 g/mol. The average Bonchev–Trinajstić information content (AvgIpc) is 2.66. The predicted octanol–water partition coefficient (Wildman–Crippen LogP) is 5.43. The summed E-state index contributed by atoms with van der Waals surface area (Å²) in [7, 11) is 0. The number of unbranched alkanes of at least 4 members (excludes halogenated alkanes) is 2. The zero-order chi connectivity index (χ0) is 17.5. The number of hydrogen-bond donors (Lipinski definition) is 1. The lowest BCUT2D eigenvalue weighted by atomic mass is 9.98. The number of fused-ring (bicyclic) bond motifs is 1. The topological polar surface area (TPSA) is 42.4 Å². The molecule has 0 spiro atoms. The second-order valence-electron chi connectivity index (χ2n) is 6.36. The van der Waals surface area contributed by atoms with Crippen molar-refractivity contribution in [3.05, 3.63) is 71.9 Å². The Balaban J connectivity index is 1.69. The Morgan fingerprint density at radius 1 is 1.04 bits per heavy atom. The van der Waals surface area contributed by atoms with E-state index in [9.17, 15) is 5.11 Å². The Morgan fingerprint density at radius 3 is 2.80 bits per heavy atom. The van der Waals surface area contributed by atoms with Crippen molar-refractivity contribution in [2.45, 2.75) is 45.3 Å². The van der Waals surface area contributed by atoms with Crippen LogP contribution >= 0.6 is 0 Å². The maximum absolute atomic E-state index is 10.5. The van der Waals surface area contributed by atoms with Crippen LogP contribution in [0.4, 0.5) is 0 Å². The minimum absolute atomic E-state index is 0.424. The second-order valence-corrected chi connectivity index (χ2v) is 6.36. The average molecular weight is 335 g/mol. The number of benzene rings is 2. The van der Waals surface area contributed by atoms with E-state index in [2.05, 4.69) is 11.9 Å². The summed E-state index contributed by atoms with van der Waals surface area (Å²) in [5.41, 5.74) is 2.97. The van der Waals surface area contributed by atoms with Crippen molar-refractivity contribution < 1.29 is 9.84 Å². The van der Waals surface area contributed by atoms with Gasteiger partial charge in [0.1, 0.15) is 12.4 Å². The molecule has 3 heteroatoms. The highest BCUT2D eigenvalue weighted by Crippen LogP contribution is 2.25. The third-order valence-electron chi connectivity index (χ3n) is 4.46. The smallest absolute Gasteiger partial charge is 0.120 e. The zero-order valence-corrected chi connectivity index (χ0v) is 14.7. The van der Waals surface area contributed by atoms with Crippen LogP contribution in [0.15, 0.2) is 60.8 Å². The van der Waals surface area contributed by atoms with Crippen molar-refractivity contribution in [2.24, 2.45) is 0 Å². The van der Waals surface area contributed by atoms with E-state index in [1.54, 1.807) is 6.20 Å². The van der Waals surface area contributed by atoms with E-state index in [4.69, 9.17) is 4.74 Å². The summed E-state index contributed by atoms with van der Waals surface area (Å²) in [6.07, 6.45) is 5.53. The molecule has 1 N–H and O–H groups in total. The Labute approximate surface area is 149 Å². The molecule has 0 aliphatic rings. The summed E-state index contributed by atoms with van der Waals surface area (Å²) in [5, 5.41) is 11.6. The SMILES string of the molecule is CCCCCC(O)c1ccccc1COc1ccc2ncccc2c1. The lowest BCUT2D eigenvalue weighted by Crippen LogP contribution is -2.05. The lowest BCUT2D eigenvalue weighted by Gasteiger charge is -2.16. The molecule has 25 heavy (non-hydrogen) atoms. The normalized spacial score (nSPS) is 12.2. The van der Waals surface area contributed by atoms with E-state index in [0.717, 1.165) is 53.5 Å². The molecule has 130 valence electrons. The highest BCUT2D eigenvalue weighted by Gasteiger charge is 2.12. The first kappa shape index (κ1) is 17.4. The number of hydrogen-bond acceptors (Lipinski definition) is 3. The first-order chi connectivity index (χ1) is 12.3. The van der Waals surface area contributed by atoms with E-state index >= 15 is 0 Å². The molecule has 3 rings (SSSR count). The van der Waals surface area contributed by atoms with Crippen molar-refractivity contribution in [3.63, 3.8) is 0 Å². The fourth-order valence-electron chi connectivity index (χ4n) is 3.04. The van der Waals surface area contributed by atoms with Gasteiger partial charge in [-0.2, -0.15) is 0 Å². The summed E-state index contributed by atoms with van der Waals surface area (Å²) in [4.78, 5) is 4.32. The first-order valence-electron chi connectivity index (χ1n) is 9.01. The van der Waals surface area contributed by atoms with Gasteiger partial charge in [0.2, 0.25) is 0 Å². The van der Waals surface area contributed by atoms with Gasteiger partial charge in [0, 0.05) is 11.6 Å². The number of aromatic nitrogens is 1. The van der Waals surface area contributed by atoms with Gasteiger partial charge in [-0.3, -0.25) is 4.98 Å². The van der Waals surface area contributed by atoms with Gasteiger partial charge in [0.15, 0.2) is 0 Å². The van der Waals surface area contributed by atoms with Crippen LogP contribution in [0.25, 0.3) is 10.9 Å². The number of aliphatic hydroxyl groups is 1. The third kappa shape index (κ3) is 4.58. The lowest BCUT2D eigenvalue weighted by molar-refractivity contribution is 0.160. The van der Waals surface area contributed by atoms with Crippen molar-refractivity contribution in [1.29, 1.82) is 0 Å². The van der Waals surface area contributed by atoms with Gasteiger partial charge >= 0.3 is 0 Å². The molecule has 1 unspecified atom stereocenters. The van der Waals surface area contributed by atoms with Crippen LogP contribution in [0, 0.1) is 0 Å². The van der Waals surface area contributed by atoms with Gasteiger partial charge in [0.25, 0.3) is 0 Å². The molecule has 0 saturated heterocycles.